The van der Waals surface area contributed by atoms with Gasteiger partial charge in [-0.15, -0.1) is 12.4 Å². The number of amides is 1. The number of rotatable bonds is 1. The van der Waals surface area contributed by atoms with Crippen molar-refractivity contribution in [3.8, 4) is 5.75 Å². The van der Waals surface area contributed by atoms with E-state index >= 15 is 0 Å². The predicted octanol–water partition coefficient (Wildman–Crippen LogP) is 1.02. The van der Waals surface area contributed by atoms with Gasteiger partial charge >= 0.3 is 0 Å². The maximum Gasteiger partial charge on any atom is 0.255 e. The van der Waals surface area contributed by atoms with Crippen LogP contribution in [0.3, 0.4) is 0 Å². The molecule has 0 spiro atoms. The molecular formula is C13H18ClN3O2. The molecule has 3 unspecified atom stereocenters. The van der Waals surface area contributed by atoms with Gasteiger partial charge in [0.25, 0.3) is 5.91 Å². The second kappa shape index (κ2) is 5.35. The molecule has 6 heteroatoms. The lowest BCUT2D eigenvalue weighted by Crippen LogP contribution is -2.33. The number of nitrogens with zero attached hydrogens (tertiary/aromatic N) is 2. The third-order valence-corrected chi connectivity index (χ3v) is 4.17. The summed E-state index contributed by atoms with van der Waals surface area (Å²) < 4.78 is 0. The summed E-state index contributed by atoms with van der Waals surface area (Å²) in [4.78, 5) is 18.0. The molecule has 2 aliphatic rings. The number of pyridine rings is 1. The molecule has 1 aliphatic heterocycles. The Morgan fingerprint density at radius 1 is 1.37 bits per heavy atom. The normalized spacial score (nSPS) is 28.9. The number of hydrogen-bond acceptors (Lipinski definition) is 4. The first-order valence-electron chi connectivity index (χ1n) is 6.34. The second-order valence-corrected chi connectivity index (χ2v) is 5.31. The van der Waals surface area contributed by atoms with Crippen molar-refractivity contribution in [2.45, 2.75) is 18.9 Å². The SMILES string of the molecule is Cl.NC1CCC2CN(C(=O)c3cncc(O)c3)CC12. The molecule has 1 amide bonds. The van der Waals surface area contributed by atoms with Gasteiger partial charge in [-0.25, -0.2) is 0 Å². The van der Waals surface area contributed by atoms with Gasteiger partial charge < -0.3 is 15.7 Å². The van der Waals surface area contributed by atoms with E-state index in [1.807, 2.05) is 4.90 Å². The Morgan fingerprint density at radius 3 is 2.84 bits per heavy atom. The van der Waals surface area contributed by atoms with Crippen molar-refractivity contribution in [1.29, 1.82) is 0 Å². The van der Waals surface area contributed by atoms with Gasteiger partial charge in [-0.05, 0) is 30.7 Å². The third-order valence-electron chi connectivity index (χ3n) is 4.17. The fraction of sp³-hybridized carbons (Fsp3) is 0.538. The van der Waals surface area contributed by atoms with Crippen LogP contribution in [0, 0.1) is 11.8 Å². The third kappa shape index (κ3) is 2.53. The van der Waals surface area contributed by atoms with E-state index in [9.17, 15) is 9.90 Å². The predicted molar refractivity (Wildman–Crippen MR) is 73.2 cm³/mol. The smallest absolute Gasteiger partial charge is 0.255 e. The van der Waals surface area contributed by atoms with E-state index in [0.717, 1.165) is 25.9 Å². The number of nitrogens with two attached hydrogens (primary N) is 1. The summed E-state index contributed by atoms with van der Waals surface area (Å²) in [5.41, 5.74) is 6.50. The molecular weight excluding hydrogens is 266 g/mol. The van der Waals surface area contributed by atoms with Crippen molar-refractivity contribution < 1.29 is 9.90 Å². The minimum absolute atomic E-state index is 0. The van der Waals surface area contributed by atoms with Crippen LogP contribution in [0.5, 0.6) is 5.75 Å². The van der Waals surface area contributed by atoms with Gasteiger partial charge in [0, 0.05) is 25.3 Å². The molecule has 1 saturated heterocycles. The summed E-state index contributed by atoms with van der Waals surface area (Å²) in [6.07, 6.45) is 5.01. The standard InChI is InChI=1S/C13H17N3O2.ClH/c14-12-2-1-8-6-16(7-11(8)12)13(18)9-3-10(17)5-15-4-9;/h3-5,8,11-12,17H,1-2,6-7,14H2;1H. The summed E-state index contributed by atoms with van der Waals surface area (Å²) in [6, 6.07) is 1.69. The lowest BCUT2D eigenvalue weighted by atomic mass is 9.98. The van der Waals surface area contributed by atoms with E-state index in [2.05, 4.69) is 4.98 Å². The van der Waals surface area contributed by atoms with E-state index in [0.29, 0.717) is 17.4 Å². The minimum atomic E-state index is -0.0556. The average Bonchev–Trinajstić information content (AvgIpc) is 2.91. The van der Waals surface area contributed by atoms with Crippen LogP contribution in [0.2, 0.25) is 0 Å². The van der Waals surface area contributed by atoms with E-state index in [4.69, 9.17) is 5.73 Å². The summed E-state index contributed by atoms with van der Waals surface area (Å²) in [6.45, 7) is 1.52. The van der Waals surface area contributed by atoms with E-state index in [1.165, 1.54) is 18.5 Å². The molecule has 104 valence electrons. The Bertz CT molecular complexity index is 483. The monoisotopic (exact) mass is 283 g/mol. The van der Waals surface area contributed by atoms with Crippen LogP contribution in [0.15, 0.2) is 18.5 Å². The molecule has 2 fully saturated rings. The molecule has 1 aliphatic carbocycles. The zero-order valence-electron chi connectivity index (χ0n) is 10.5. The van der Waals surface area contributed by atoms with Crippen LogP contribution in [-0.4, -0.2) is 40.0 Å². The van der Waals surface area contributed by atoms with Crippen molar-refractivity contribution in [3.63, 3.8) is 0 Å². The number of likely N-dealkylation sites (tertiary alicyclic amines) is 1. The van der Waals surface area contributed by atoms with Crippen molar-refractivity contribution in [1.82, 2.24) is 9.88 Å². The van der Waals surface area contributed by atoms with E-state index in [1.54, 1.807) is 0 Å². The molecule has 3 atom stereocenters. The molecule has 5 nitrogen and oxygen atoms in total. The number of aromatic hydroxyl groups is 1. The van der Waals surface area contributed by atoms with Crippen LogP contribution < -0.4 is 5.73 Å². The Balaban J connectivity index is 0.00000133. The van der Waals surface area contributed by atoms with Gasteiger partial charge in [-0.3, -0.25) is 9.78 Å². The van der Waals surface area contributed by atoms with Crippen LogP contribution in [0.4, 0.5) is 0 Å². The molecule has 1 aromatic heterocycles. The average molecular weight is 284 g/mol. The summed E-state index contributed by atoms with van der Waals surface area (Å²) in [5.74, 6) is 0.963. The summed E-state index contributed by atoms with van der Waals surface area (Å²) in [7, 11) is 0. The molecule has 1 aromatic rings. The Hall–Kier alpha value is -1.33. The maximum atomic E-state index is 12.3. The van der Waals surface area contributed by atoms with E-state index in [-0.39, 0.29) is 30.1 Å². The lowest BCUT2D eigenvalue weighted by molar-refractivity contribution is 0.0778. The Morgan fingerprint density at radius 2 is 2.16 bits per heavy atom. The number of carbonyl (C=O) groups excluding carboxylic acids is 1. The van der Waals surface area contributed by atoms with Crippen LogP contribution in [0.1, 0.15) is 23.2 Å². The highest BCUT2D eigenvalue weighted by Gasteiger charge is 2.42. The number of hydrogen-bond donors (Lipinski definition) is 2. The highest BCUT2D eigenvalue weighted by molar-refractivity contribution is 5.94. The van der Waals surface area contributed by atoms with Crippen LogP contribution in [-0.2, 0) is 0 Å². The summed E-state index contributed by atoms with van der Waals surface area (Å²) in [5, 5.41) is 9.35. The van der Waals surface area contributed by atoms with Crippen molar-refractivity contribution in [2.24, 2.45) is 17.6 Å². The first-order valence-corrected chi connectivity index (χ1v) is 6.34. The van der Waals surface area contributed by atoms with Crippen molar-refractivity contribution >= 4 is 18.3 Å². The molecule has 0 aromatic carbocycles. The summed E-state index contributed by atoms with van der Waals surface area (Å²) >= 11 is 0. The molecule has 2 heterocycles. The quantitative estimate of drug-likeness (QED) is 0.806. The van der Waals surface area contributed by atoms with Gasteiger partial charge in [0.05, 0.1) is 11.8 Å². The minimum Gasteiger partial charge on any atom is -0.506 e. The largest absolute Gasteiger partial charge is 0.506 e. The number of aromatic nitrogens is 1. The number of fused-ring (bicyclic) bond motifs is 1. The fourth-order valence-electron chi connectivity index (χ4n) is 3.20. The van der Waals surface area contributed by atoms with Crippen molar-refractivity contribution in [3.05, 3.63) is 24.0 Å². The Kier molecular flexibility index (Phi) is 3.96. The van der Waals surface area contributed by atoms with Crippen LogP contribution >= 0.6 is 12.4 Å². The molecule has 3 rings (SSSR count). The molecule has 19 heavy (non-hydrogen) atoms. The zero-order chi connectivity index (χ0) is 12.7. The first kappa shape index (κ1) is 14.1. The molecule has 0 radical (unpaired) electrons. The maximum absolute atomic E-state index is 12.3. The lowest BCUT2D eigenvalue weighted by Gasteiger charge is -2.18. The second-order valence-electron chi connectivity index (χ2n) is 5.31. The fourth-order valence-corrected chi connectivity index (χ4v) is 3.20. The van der Waals surface area contributed by atoms with Crippen LogP contribution in [0.25, 0.3) is 0 Å². The highest BCUT2D eigenvalue weighted by atomic mass is 35.5. The van der Waals surface area contributed by atoms with Gasteiger partial charge in [-0.1, -0.05) is 0 Å². The van der Waals surface area contributed by atoms with Gasteiger partial charge in [-0.2, -0.15) is 0 Å². The molecule has 3 N–H and O–H groups in total. The first-order chi connectivity index (χ1) is 8.65. The highest BCUT2D eigenvalue weighted by Crippen LogP contribution is 2.37. The zero-order valence-corrected chi connectivity index (χ0v) is 11.3. The van der Waals surface area contributed by atoms with Gasteiger partial charge in [0.2, 0.25) is 0 Å². The Labute approximate surface area is 118 Å². The molecule has 0 bridgehead atoms. The van der Waals surface area contributed by atoms with E-state index < -0.39 is 0 Å². The molecule has 1 saturated carbocycles. The van der Waals surface area contributed by atoms with Crippen molar-refractivity contribution in [2.75, 3.05) is 13.1 Å². The number of halogens is 1. The van der Waals surface area contributed by atoms with Gasteiger partial charge in [0.15, 0.2) is 0 Å². The topological polar surface area (TPSA) is 79.5 Å². The van der Waals surface area contributed by atoms with Gasteiger partial charge in [0.1, 0.15) is 5.75 Å². The number of carbonyl (C=O) groups is 1.